The van der Waals surface area contributed by atoms with Gasteiger partial charge in [-0.15, -0.1) is 0 Å². The van der Waals surface area contributed by atoms with E-state index in [9.17, 15) is 4.79 Å². The van der Waals surface area contributed by atoms with Crippen LogP contribution in [0.2, 0.25) is 0 Å². The van der Waals surface area contributed by atoms with Crippen molar-refractivity contribution in [3.8, 4) is 0 Å². The highest BCUT2D eigenvalue weighted by Crippen LogP contribution is 2.17. The van der Waals surface area contributed by atoms with E-state index in [0.29, 0.717) is 17.9 Å². The molecular formula is C25H33N5O3. The number of esters is 1. The minimum absolute atomic E-state index is 0.308. The number of carbonyl (C=O) groups excluding carboxylic acids is 1. The fourth-order valence-electron chi connectivity index (χ4n) is 2.84. The maximum Gasteiger partial charge on any atom is 0.338 e. The van der Waals surface area contributed by atoms with Crippen LogP contribution in [0.5, 0.6) is 0 Å². The van der Waals surface area contributed by atoms with Crippen molar-refractivity contribution in [1.82, 2.24) is 0 Å². The fraction of sp³-hybridized carbons (Fsp3) is 0.240. The molecule has 8 heteroatoms. The van der Waals surface area contributed by atoms with Crippen molar-refractivity contribution < 1.29 is 14.3 Å². The van der Waals surface area contributed by atoms with Crippen LogP contribution in [0.4, 0.5) is 28.4 Å². The lowest BCUT2D eigenvalue weighted by atomic mass is 10.2. The van der Waals surface area contributed by atoms with E-state index in [1.807, 2.05) is 12.1 Å². The van der Waals surface area contributed by atoms with Crippen LogP contribution in [0, 0.1) is 0 Å². The number of morpholine rings is 1. The third-order valence-corrected chi connectivity index (χ3v) is 4.63. The topological polar surface area (TPSA) is 143 Å². The van der Waals surface area contributed by atoms with Gasteiger partial charge in [0.15, 0.2) is 0 Å². The minimum atomic E-state index is -0.308. The zero-order valence-corrected chi connectivity index (χ0v) is 18.9. The van der Waals surface area contributed by atoms with Gasteiger partial charge in [0.05, 0.1) is 25.4 Å². The summed E-state index contributed by atoms with van der Waals surface area (Å²) in [6.07, 6.45) is 0. The van der Waals surface area contributed by atoms with E-state index in [4.69, 9.17) is 32.4 Å². The molecule has 0 spiro atoms. The number of ether oxygens (including phenoxy) is 2. The summed E-state index contributed by atoms with van der Waals surface area (Å²) >= 11 is 0. The van der Waals surface area contributed by atoms with Crippen LogP contribution in [-0.2, 0) is 9.47 Å². The molecule has 1 fully saturated rings. The summed E-state index contributed by atoms with van der Waals surface area (Å²) in [4.78, 5) is 13.4. The molecule has 0 saturated carbocycles. The van der Waals surface area contributed by atoms with E-state index in [0.717, 1.165) is 43.4 Å². The number of anilines is 5. The monoisotopic (exact) mass is 451 g/mol. The first-order chi connectivity index (χ1) is 15.9. The molecule has 3 aromatic carbocycles. The van der Waals surface area contributed by atoms with E-state index < -0.39 is 0 Å². The molecule has 0 atom stereocenters. The third kappa shape index (κ3) is 9.40. The first kappa shape index (κ1) is 25.4. The van der Waals surface area contributed by atoms with Gasteiger partial charge < -0.3 is 37.3 Å². The molecule has 0 aromatic heterocycles. The molecule has 0 aliphatic carbocycles. The summed E-state index contributed by atoms with van der Waals surface area (Å²) in [5.74, 6) is -0.308. The van der Waals surface area contributed by atoms with Crippen LogP contribution in [0.1, 0.15) is 17.3 Å². The molecule has 4 rings (SSSR count). The minimum Gasteiger partial charge on any atom is -0.462 e. The lowest BCUT2D eigenvalue weighted by molar-refractivity contribution is 0.0526. The summed E-state index contributed by atoms with van der Waals surface area (Å²) in [6, 6.07) is 21.7. The Morgan fingerprint density at radius 2 is 1.15 bits per heavy atom. The van der Waals surface area contributed by atoms with Gasteiger partial charge in [-0.25, -0.2) is 4.79 Å². The Morgan fingerprint density at radius 3 is 1.58 bits per heavy atom. The van der Waals surface area contributed by atoms with Crippen LogP contribution in [0.25, 0.3) is 0 Å². The van der Waals surface area contributed by atoms with Crippen molar-refractivity contribution in [2.24, 2.45) is 0 Å². The number of nitrogens with two attached hydrogens (primary N) is 4. The van der Waals surface area contributed by atoms with Crippen LogP contribution < -0.4 is 27.8 Å². The Labute approximate surface area is 195 Å². The van der Waals surface area contributed by atoms with E-state index in [2.05, 4.69) is 17.0 Å². The van der Waals surface area contributed by atoms with Crippen LogP contribution >= 0.6 is 0 Å². The van der Waals surface area contributed by atoms with Gasteiger partial charge in [-0.05, 0) is 79.7 Å². The molecule has 1 saturated heterocycles. The smallest absolute Gasteiger partial charge is 0.338 e. The van der Waals surface area contributed by atoms with Crippen molar-refractivity contribution in [3.63, 3.8) is 0 Å². The number of nitrogens with zero attached hydrogens (tertiary/aromatic N) is 1. The molecule has 176 valence electrons. The predicted molar refractivity (Wildman–Crippen MR) is 136 cm³/mol. The summed E-state index contributed by atoms with van der Waals surface area (Å²) < 4.78 is 10.1. The Balaban J connectivity index is 0.000000180. The molecule has 3 aromatic rings. The molecule has 0 bridgehead atoms. The van der Waals surface area contributed by atoms with Crippen molar-refractivity contribution in [3.05, 3.63) is 78.4 Å². The van der Waals surface area contributed by atoms with Gasteiger partial charge in [0.2, 0.25) is 0 Å². The van der Waals surface area contributed by atoms with Gasteiger partial charge in [0, 0.05) is 41.5 Å². The van der Waals surface area contributed by atoms with Gasteiger partial charge in [0.25, 0.3) is 0 Å². The number of rotatable bonds is 3. The molecule has 1 heterocycles. The van der Waals surface area contributed by atoms with Crippen molar-refractivity contribution in [1.29, 1.82) is 0 Å². The van der Waals surface area contributed by atoms with Gasteiger partial charge in [-0.3, -0.25) is 0 Å². The highest BCUT2D eigenvalue weighted by atomic mass is 16.5. The van der Waals surface area contributed by atoms with E-state index >= 15 is 0 Å². The quantitative estimate of drug-likeness (QED) is 0.350. The lowest BCUT2D eigenvalue weighted by Crippen LogP contribution is -2.36. The fourth-order valence-corrected chi connectivity index (χ4v) is 2.84. The maximum atomic E-state index is 11.1. The van der Waals surface area contributed by atoms with E-state index in [-0.39, 0.29) is 5.97 Å². The first-order valence-electron chi connectivity index (χ1n) is 10.7. The number of nitrogen functional groups attached to an aromatic ring is 4. The van der Waals surface area contributed by atoms with E-state index in [1.54, 1.807) is 55.5 Å². The second-order valence-corrected chi connectivity index (χ2v) is 7.20. The second kappa shape index (κ2) is 13.5. The zero-order chi connectivity index (χ0) is 24.1. The Bertz CT molecular complexity index is 934. The Morgan fingerprint density at radius 1 is 0.758 bits per heavy atom. The molecule has 0 unspecified atom stereocenters. The lowest BCUT2D eigenvalue weighted by Gasteiger charge is -2.28. The number of carbonyl (C=O) groups is 1. The highest BCUT2D eigenvalue weighted by molar-refractivity contribution is 5.89. The second-order valence-electron chi connectivity index (χ2n) is 7.20. The Kier molecular flexibility index (Phi) is 10.4. The molecule has 1 aliphatic heterocycles. The summed E-state index contributed by atoms with van der Waals surface area (Å²) in [5, 5.41) is 0. The zero-order valence-electron chi connectivity index (χ0n) is 18.9. The van der Waals surface area contributed by atoms with Crippen molar-refractivity contribution >= 4 is 34.4 Å². The highest BCUT2D eigenvalue weighted by Gasteiger charge is 2.10. The number of hydrogen-bond acceptors (Lipinski definition) is 8. The number of hydrogen-bond donors (Lipinski definition) is 4. The van der Waals surface area contributed by atoms with Gasteiger partial charge in [0.1, 0.15) is 0 Å². The molecule has 0 amide bonds. The summed E-state index contributed by atoms with van der Waals surface area (Å²) in [7, 11) is 0. The molecule has 1 aliphatic rings. The average molecular weight is 452 g/mol. The predicted octanol–water partition coefficient (Wildman–Crippen LogP) is 3.40. The van der Waals surface area contributed by atoms with Gasteiger partial charge in [-0.2, -0.15) is 0 Å². The molecule has 8 nitrogen and oxygen atoms in total. The standard InChI is InChI=1S/C10H14N2O.C9H11NO2.C6H8N2/c11-9-1-3-10(4-2-9)12-5-7-13-8-6-12;1-2-12-9(11)7-3-5-8(10)6-4-7;7-5-1-2-6(8)4-3-5/h1-4H,5-8,11H2;3-6H,2,10H2,1H3;1-4H,7-8H2. The summed E-state index contributed by atoms with van der Waals surface area (Å²) in [5.41, 5.74) is 26.5. The van der Waals surface area contributed by atoms with Crippen LogP contribution in [-0.4, -0.2) is 38.9 Å². The molecular weight excluding hydrogens is 418 g/mol. The summed E-state index contributed by atoms with van der Waals surface area (Å²) in [6.45, 7) is 5.76. The Hall–Kier alpha value is -3.91. The van der Waals surface area contributed by atoms with E-state index in [1.165, 1.54) is 5.69 Å². The SMILES string of the molecule is CCOC(=O)c1ccc(N)cc1.Nc1ccc(N)cc1.Nc1ccc(N2CCOCC2)cc1. The maximum absolute atomic E-state index is 11.1. The van der Waals surface area contributed by atoms with Gasteiger partial charge >= 0.3 is 5.97 Å². The normalized spacial score (nSPS) is 12.5. The van der Waals surface area contributed by atoms with Crippen LogP contribution in [0.3, 0.4) is 0 Å². The number of benzene rings is 3. The molecule has 33 heavy (non-hydrogen) atoms. The van der Waals surface area contributed by atoms with Crippen LogP contribution in [0.15, 0.2) is 72.8 Å². The van der Waals surface area contributed by atoms with Gasteiger partial charge in [-0.1, -0.05) is 0 Å². The van der Waals surface area contributed by atoms with Crippen molar-refractivity contribution in [2.75, 3.05) is 60.7 Å². The first-order valence-corrected chi connectivity index (χ1v) is 10.7. The average Bonchev–Trinajstić information content (AvgIpc) is 2.83. The third-order valence-electron chi connectivity index (χ3n) is 4.63. The molecule has 8 N–H and O–H groups in total. The molecule has 0 radical (unpaired) electrons. The largest absolute Gasteiger partial charge is 0.462 e. The van der Waals surface area contributed by atoms with Crippen molar-refractivity contribution in [2.45, 2.75) is 6.92 Å².